The fraction of sp³-hybridized carbons (Fsp3) is 0.467. The molecule has 1 amide bonds. The zero-order chi connectivity index (χ0) is 14.7. The number of nitrogens with one attached hydrogen (secondary N) is 2. The summed E-state index contributed by atoms with van der Waals surface area (Å²) in [6, 6.07) is 6.75. The minimum atomic E-state index is -0.996. The summed E-state index contributed by atoms with van der Waals surface area (Å²) in [6.45, 7) is 4.19. The number of fused-ring (bicyclic) bond motifs is 1. The molecule has 0 aliphatic carbocycles. The first-order valence-corrected chi connectivity index (χ1v) is 6.82. The summed E-state index contributed by atoms with van der Waals surface area (Å²) in [4.78, 5) is 23.3. The summed E-state index contributed by atoms with van der Waals surface area (Å²) in [6.07, 6.45) is 0.590. The van der Waals surface area contributed by atoms with Crippen LogP contribution >= 0.6 is 0 Å². The number of carboxylic acids is 1. The lowest BCUT2D eigenvalue weighted by Gasteiger charge is -2.27. The van der Waals surface area contributed by atoms with Gasteiger partial charge < -0.3 is 15.7 Å². The van der Waals surface area contributed by atoms with E-state index in [2.05, 4.69) is 10.6 Å². The molecule has 1 aliphatic heterocycles. The molecule has 1 aromatic carbocycles. The topological polar surface area (TPSA) is 78.4 Å². The van der Waals surface area contributed by atoms with Crippen LogP contribution < -0.4 is 10.6 Å². The highest BCUT2D eigenvalue weighted by Crippen LogP contribution is 2.16. The van der Waals surface area contributed by atoms with E-state index in [1.807, 2.05) is 24.3 Å². The predicted octanol–water partition coefficient (Wildman–Crippen LogP) is 0.926. The van der Waals surface area contributed by atoms with Crippen molar-refractivity contribution in [1.82, 2.24) is 10.6 Å². The molecular weight excluding hydrogens is 256 g/mol. The van der Waals surface area contributed by atoms with E-state index >= 15 is 0 Å². The van der Waals surface area contributed by atoms with E-state index in [0.717, 1.165) is 5.56 Å². The average Bonchev–Trinajstić information content (AvgIpc) is 2.43. The van der Waals surface area contributed by atoms with Gasteiger partial charge in [0.15, 0.2) is 0 Å². The van der Waals surface area contributed by atoms with E-state index < -0.39 is 12.0 Å². The van der Waals surface area contributed by atoms with Crippen LogP contribution in [-0.2, 0) is 22.6 Å². The van der Waals surface area contributed by atoms with Crippen LogP contribution in [0, 0.1) is 5.92 Å². The number of hydrogen-bond donors (Lipinski definition) is 3. The number of hydrogen-bond acceptors (Lipinski definition) is 3. The van der Waals surface area contributed by atoms with E-state index in [-0.39, 0.29) is 17.9 Å². The Bertz CT molecular complexity index is 514. The second kappa shape index (κ2) is 6.05. The highest BCUT2D eigenvalue weighted by molar-refractivity contribution is 5.87. The first-order valence-electron chi connectivity index (χ1n) is 6.82. The minimum Gasteiger partial charge on any atom is -0.480 e. The normalized spacial score (nSPS) is 19.2. The number of rotatable bonds is 4. The van der Waals surface area contributed by atoms with Crippen molar-refractivity contribution in [3.63, 3.8) is 0 Å². The maximum absolute atomic E-state index is 12.2. The molecular formula is C15H20N2O3. The van der Waals surface area contributed by atoms with Gasteiger partial charge in [-0.1, -0.05) is 38.1 Å². The summed E-state index contributed by atoms with van der Waals surface area (Å²) in [7, 11) is 0. The van der Waals surface area contributed by atoms with Gasteiger partial charge in [-0.25, -0.2) is 4.79 Å². The lowest BCUT2D eigenvalue weighted by molar-refractivity contribution is -0.143. The van der Waals surface area contributed by atoms with Crippen molar-refractivity contribution < 1.29 is 14.7 Å². The molecule has 2 rings (SSSR count). The van der Waals surface area contributed by atoms with E-state index in [0.29, 0.717) is 13.0 Å². The average molecular weight is 276 g/mol. The molecule has 0 bridgehead atoms. The van der Waals surface area contributed by atoms with Crippen molar-refractivity contribution >= 4 is 11.9 Å². The number of carbonyl (C=O) groups excluding carboxylic acids is 1. The van der Waals surface area contributed by atoms with Gasteiger partial charge in [0, 0.05) is 6.54 Å². The molecule has 0 spiro atoms. The Hall–Kier alpha value is -1.88. The first kappa shape index (κ1) is 14.5. The molecule has 20 heavy (non-hydrogen) atoms. The molecule has 1 aromatic rings. The van der Waals surface area contributed by atoms with Crippen LogP contribution in [0.1, 0.15) is 25.0 Å². The monoisotopic (exact) mass is 276 g/mol. The molecule has 0 radical (unpaired) electrons. The number of aliphatic carboxylic acids is 1. The Morgan fingerprint density at radius 3 is 2.55 bits per heavy atom. The Labute approximate surface area is 118 Å². The molecule has 0 saturated carbocycles. The van der Waals surface area contributed by atoms with Gasteiger partial charge in [-0.2, -0.15) is 0 Å². The van der Waals surface area contributed by atoms with Crippen LogP contribution in [0.2, 0.25) is 0 Å². The summed E-state index contributed by atoms with van der Waals surface area (Å²) >= 11 is 0. The molecule has 5 nitrogen and oxygen atoms in total. The predicted molar refractivity (Wildman–Crippen MR) is 75.2 cm³/mol. The zero-order valence-corrected chi connectivity index (χ0v) is 11.7. The van der Waals surface area contributed by atoms with Crippen LogP contribution in [0.4, 0.5) is 0 Å². The molecule has 0 aromatic heterocycles. The molecule has 0 fully saturated rings. The summed E-state index contributed by atoms with van der Waals surface area (Å²) < 4.78 is 0. The number of benzene rings is 1. The molecule has 3 N–H and O–H groups in total. The lowest BCUT2D eigenvalue weighted by Crippen LogP contribution is -2.53. The highest BCUT2D eigenvalue weighted by atomic mass is 16.4. The maximum atomic E-state index is 12.2. The van der Waals surface area contributed by atoms with Gasteiger partial charge in [0.25, 0.3) is 0 Å². The van der Waals surface area contributed by atoms with Crippen LogP contribution in [-0.4, -0.2) is 29.1 Å². The van der Waals surface area contributed by atoms with E-state index in [1.165, 1.54) is 5.56 Å². The van der Waals surface area contributed by atoms with Crippen molar-refractivity contribution in [2.24, 2.45) is 5.92 Å². The third kappa shape index (κ3) is 3.17. The van der Waals surface area contributed by atoms with Crippen molar-refractivity contribution in [2.75, 3.05) is 0 Å². The number of amides is 1. The molecule has 0 unspecified atom stereocenters. The van der Waals surface area contributed by atoms with Gasteiger partial charge in [0.1, 0.15) is 6.04 Å². The molecule has 0 saturated heterocycles. The van der Waals surface area contributed by atoms with Crippen molar-refractivity contribution in [2.45, 2.75) is 38.9 Å². The van der Waals surface area contributed by atoms with E-state index in [9.17, 15) is 9.59 Å². The molecule has 108 valence electrons. The highest BCUT2D eigenvalue weighted by Gasteiger charge is 2.29. The van der Waals surface area contributed by atoms with Crippen LogP contribution in [0.25, 0.3) is 0 Å². The Morgan fingerprint density at radius 2 is 1.95 bits per heavy atom. The zero-order valence-electron chi connectivity index (χ0n) is 11.7. The number of carbonyl (C=O) groups is 2. The second-order valence-electron chi connectivity index (χ2n) is 5.47. The Balaban J connectivity index is 2.03. The first-order chi connectivity index (χ1) is 9.49. The van der Waals surface area contributed by atoms with Crippen molar-refractivity contribution in [3.05, 3.63) is 35.4 Å². The smallest absolute Gasteiger partial charge is 0.326 e. The van der Waals surface area contributed by atoms with E-state index in [4.69, 9.17) is 5.11 Å². The summed E-state index contributed by atoms with van der Waals surface area (Å²) in [5, 5.41) is 14.9. The third-order valence-electron chi connectivity index (χ3n) is 3.63. The van der Waals surface area contributed by atoms with Gasteiger partial charge in [-0.05, 0) is 23.5 Å². The van der Waals surface area contributed by atoms with Gasteiger partial charge in [0.05, 0.1) is 6.04 Å². The second-order valence-corrected chi connectivity index (χ2v) is 5.47. The summed E-state index contributed by atoms with van der Waals surface area (Å²) in [5.74, 6) is -1.39. The van der Waals surface area contributed by atoms with E-state index in [1.54, 1.807) is 13.8 Å². The van der Waals surface area contributed by atoms with Gasteiger partial charge in [-0.15, -0.1) is 0 Å². The van der Waals surface area contributed by atoms with Gasteiger partial charge in [0.2, 0.25) is 5.91 Å². The van der Waals surface area contributed by atoms with Gasteiger partial charge in [-0.3, -0.25) is 4.79 Å². The Kier molecular flexibility index (Phi) is 4.39. The maximum Gasteiger partial charge on any atom is 0.326 e. The van der Waals surface area contributed by atoms with Crippen LogP contribution in [0.5, 0.6) is 0 Å². The fourth-order valence-electron chi connectivity index (χ4n) is 2.41. The fourth-order valence-corrected chi connectivity index (χ4v) is 2.41. The third-order valence-corrected chi connectivity index (χ3v) is 3.63. The van der Waals surface area contributed by atoms with Crippen LogP contribution in [0.15, 0.2) is 24.3 Å². The van der Waals surface area contributed by atoms with Crippen LogP contribution in [0.3, 0.4) is 0 Å². The van der Waals surface area contributed by atoms with Crippen molar-refractivity contribution in [3.8, 4) is 0 Å². The summed E-state index contributed by atoms with van der Waals surface area (Å²) in [5.41, 5.74) is 2.33. The lowest BCUT2D eigenvalue weighted by atomic mass is 9.95. The standard InChI is InChI=1S/C15H20N2O3/c1-9(2)13(15(19)20)17-14(18)12-7-10-5-3-4-6-11(10)8-16-12/h3-6,9,12-13,16H,7-8H2,1-2H3,(H,17,18)(H,19,20)/t12-,13-/m1/s1. The molecule has 2 atom stereocenters. The Morgan fingerprint density at radius 1 is 1.30 bits per heavy atom. The van der Waals surface area contributed by atoms with Crippen molar-refractivity contribution in [1.29, 1.82) is 0 Å². The molecule has 1 heterocycles. The minimum absolute atomic E-state index is 0.146. The molecule has 5 heteroatoms. The van der Waals surface area contributed by atoms with Gasteiger partial charge >= 0.3 is 5.97 Å². The SMILES string of the molecule is CC(C)[C@@H](NC(=O)[C@H]1Cc2ccccc2CN1)C(=O)O. The largest absolute Gasteiger partial charge is 0.480 e. The quantitative estimate of drug-likeness (QED) is 0.764. The number of carboxylic acid groups (broad SMARTS) is 1. The molecule has 1 aliphatic rings.